The molecule has 0 aromatic carbocycles. The quantitative estimate of drug-likeness (QED) is 0.768. The van der Waals surface area contributed by atoms with E-state index in [4.69, 9.17) is 0 Å². The van der Waals surface area contributed by atoms with Crippen molar-refractivity contribution < 1.29 is 4.79 Å². The van der Waals surface area contributed by atoms with Gasteiger partial charge in [0, 0.05) is 31.7 Å². The van der Waals surface area contributed by atoms with Gasteiger partial charge in [-0.25, -0.2) is 9.97 Å². The number of rotatable bonds is 4. The Morgan fingerprint density at radius 1 is 1.19 bits per heavy atom. The summed E-state index contributed by atoms with van der Waals surface area (Å²) in [5.74, 6) is 0.0221. The fourth-order valence-electron chi connectivity index (χ4n) is 3.48. The van der Waals surface area contributed by atoms with E-state index in [1.54, 1.807) is 18.6 Å². The van der Waals surface area contributed by atoms with Gasteiger partial charge in [0.15, 0.2) is 5.65 Å². The van der Waals surface area contributed by atoms with E-state index in [1.807, 2.05) is 37.4 Å². The normalized spacial score (nSPS) is 18.3. The summed E-state index contributed by atoms with van der Waals surface area (Å²) in [6.45, 7) is 3.55. The van der Waals surface area contributed by atoms with E-state index in [1.165, 1.54) is 0 Å². The predicted octanol–water partition coefficient (Wildman–Crippen LogP) is 2.51. The van der Waals surface area contributed by atoms with Crippen LogP contribution < -0.4 is 10.2 Å². The second-order valence-corrected chi connectivity index (χ2v) is 6.86. The third kappa shape index (κ3) is 3.86. The molecule has 0 saturated carbocycles. The highest BCUT2D eigenvalue weighted by molar-refractivity contribution is 5.80. The van der Waals surface area contributed by atoms with Crippen molar-refractivity contribution in [3.8, 4) is 0 Å². The summed E-state index contributed by atoms with van der Waals surface area (Å²) in [5.41, 5.74) is 3.26. The summed E-state index contributed by atoms with van der Waals surface area (Å²) >= 11 is 0. The molecule has 1 saturated heterocycles. The van der Waals surface area contributed by atoms with Crippen LogP contribution in [0.15, 0.2) is 49.1 Å². The monoisotopic (exact) mass is 362 g/mol. The molecule has 1 N–H and O–H groups in total. The van der Waals surface area contributed by atoms with Crippen LogP contribution in [0.5, 0.6) is 0 Å². The van der Waals surface area contributed by atoms with Crippen LogP contribution in [-0.2, 0) is 4.79 Å². The van der Waals surface area contributed by atoms with Gasteiger partial charge in [-0.05, 0) is 38.0 Å². The zero-order chi connectivity index (χ0) is 18.6. The maximum atomic E-state index is 12.8. The van der Waals surface area contributed by atoms with Crippen LogP contribution in [0.4, 0.5) is 5.69 Å². The lowest BCUT2D eigenvalue weighted by molar-refractivity contribution is -0.125. The van der Waals surface area contributed by atoms with Gasteiger partial charge in [-0.15, -0.1) is 0 Å². The smallest absolute Gasteiger partial charge is 0.225 e. The van der Waals surface area contributed by atoms with E-state index in [9.17, 15) is 4.79 Å². The Hall–Kier alpha value is -3.09. The highest BCUT2D eigenvalue weighted by Crippen LogP contribution is 2.25. The Bertz CT molecular complexity index is 932. The molecule has 1 aliphatic heterocycles. The summed E-state index contributed by atoms with van der Waals surface area (Å²) in [6.07, 6.45) is 8.72. The molecule has 3 aromatic heterocycles. The summed E-state index contributed by atoms with van der Waals surface area (Å²) in [5, 5.41) is 3.10. The maximum Gasteiger partial charge on any atom is 0.225 e. The highest BCUT2D eigenvalue weighted by atomic mass is 16.2. The van der Waals surface area contributed by atoms with Crippen LogP contribution in [0.3, 0.4) is 0 Å². The molecule has 1 aliphatic rings. The molecular weight excluding hydrogens is 340 g/mol. The number of piperidine rings is 1. The number of nitrogens with one attached hydrogen (secondary N) is 1. The first-order valence-corrected chi connectivity index (χ1v) is 9.24. The molecule has 1 amide bonds. The van der Waals surface area contributed by atoms with E-state index in [-0.39, 0.29) is 17.9 Å². The second-order valence-electron chi connectivity index (χ2n) is 6.86. The Morgan fingerprint density at radius 3 is 2.93 bits per heavy atom. The van der Waals surface area contributed by atoms with Crippen LogP contribution in [0.2, 0.25) is 0 Å². The number of nitrogens with zero attached hydrogens (tertiary/aromatic N) is 5. The molecule has 0 unspecified atom stereocenters. The Balaban J connectivity index is 1.44. The third-order valence-electron chi connectivity index (χ3n) is 4.96. The second kappa shape index (κ2) is 7.65. The molecule has 0 radical (unpaired) electrons. The molecule has 2 atom stereocenters. The number of fused-ring (bicyclic) bond motifs is 1. The van der Waals surface area contributed by atoms with Gasteiger partial charge in [-0.2, -0.15) is 0 Å². The van der Waals surface area contributed by atoms with Crippen molar-refractivity contribution >= 4 is 22.8 Å². The Kier molecular flexibility index (Phi) is 4.91. The van der Waals surface area contributed by atoms with Gasteiger partial charge in [-0.3, -0.25) is 14.8 Å². The van der Waals surface area contributed by atoms with Crippen molar-refractivity contribution in [1.29, 1.82) is 0 Å². The van der Waals surface area contributed by atoms with E-state index in [0.29, 0.717) is 12.2 Å². The first kappa shape index (κ1) is 17.3. The molecule has 0 spiro atoms. The average Bonchev–Trinajstić information content (AvgIpc) is 2.74. The van der Waals surface area contributed by atoms with Gasteiger partial charge in [-0.1, -0.05) is 6.07 Å². The van der Waals surface area contributed by atoms with Crippen molar-refractivity contribution in [2.75, 3.05) is 18.0 Å². The molecule has 7 nitrogen and oxygen atoms in total. The topological polar surface area (TPSA) is 83.9 Å². The third-order valence-corrected chi connectivity index (χ3v) is 4.96. The van der Waals surface area contributed by atoms with Gasteiger partial charge in [0.25, 0.3) is 0 Å². The molecule has 4 rings (SSSR count). The molecule has 4 heterocycles. The molecule has 27 heavy (non-hydrogen) atoms. The van der Waals surface area contributed by atoms with E-state index in [0.717, 1.165) is 36.3 Å². The fraction of sp³-hybridized carbons (Fsp3) is 0.350. The summed E-state index contributed by atoms with van der Waals surface area (Å²) < 4.78 is 0. The van der Waals surface area contributed by atoms with E-state index in [2.05, 4.69) is 30.2 Å². The van der Waals surface area contributed by atoms with Crippen molar-refractivity contribution in [3.63, 3.8) is 0 Å². The number of carbonyl (C=O) groups excluding carboxylic acids is 1. The number of hydrogen-bond acceptors (Lipinski definition) is 6. The first-order chi connectivity index (χ1) is 13.2. The van der Waals surface area contributed by atoms with Crippen molar-refractivity contribution in [3.05, 3.63) is 54.7 Å². The zero-order valence-corrected chi connectivity index (χ0v) is 15.2. The Labute approximate surface area is 157 Å². The zero-order valence-electron chi connectivity index (χ0n) is 15.2. The lowest BCUT2D eigenvalue weighted by Gasteiger charge is -2.34. The number of anilines is 1. The van der Waals surface area contributed by atoms with Crippen molar-refractivity contribution in [2.24, 2.45) is 5.92 Å². The Morgan fingerprint density at radius 2 is 2.07 bits per heavy atom. The SMILES string of the molecule is C[C@H](NC(=O)[C@@H]1CCCN(c2cnc3nccnc3c2)C1)c1ccccn1. The van der Waals surface area contributed by atoms with Crippen LogP contribution in [0.1, 0.15) is 31.5 Å². The minimum Gasteiger partial charge on any atom is -0.369 e. The van der Waals surface area contributed by atoms with Crippen molar-refractivity contribution in [1.82, 2.24) is 25.3 Å². The van der Waals surface area contributed by atoms with E-state index < -0.39 is 0 Å². The van der Waals surface area contributed by atoms with Crippen LogP contribution in [-0.4, -0.2) is 38.9 Å². The number of hydrogen-bond donors (Lipinski definition) is 1. The molecule has 0 aliphatic carbocycles. The molecule has 0 bridgehead atoms. The summed E-state index contributed by atoms with van der Waals surface area (Å²) in [6, 6.07) is 7.63. The number of carbonyl (C=O) groups is 1. The molecule has 138 valence electrons. The standard InChI is InChI=1S/C20H22N6O/c1-14(17-6-2-3-7-21-17)25-20(27)15-5-4-10-26(13-15)16-11-18-19(24-12-16)23-9-8-22-18/h2-3,6-9,11-12,14-15H,4-5,10,13H2,1H3,(H,25,27)/t14-,15+/m0/s1. The van der Waals surface area contributed by atoms with Crippen LogP contribution in [0.25, 0.3) is 11.2 Å². The summed E-state index contributed by atoms with van der Waals surface area (Å²) in [7, 11) is 0. The van der Waals surface area contributed by atoms with Crippen molar-refractivity contribution in [2.45, 2.75) is 25.8 Å². The van der Waals surface area contributed by atoms with E-state index >= 15 is 0 Å². The molecule has 1 fully saturated rings. The molecular formula is C20H22N6O. The molecule has 3 aromatic rings. The molecule has 7 heteroatoms. The highest BCUT2D eigenvalue weighted by Gasteiger charge is 2.27. The fourth-order valence-corrected chi connectivity index (χ4v) is 3.48. The minimum atomic E-state index is -0.105. The number of pyridine rings is 2. The van der Waals surface area contributed by atoms with Gasteiger partial charge in [0.2, 0.25) is 5.91 Å². The first-order valence-electron chi connectivity index (χ1n) is 9.24. The largest absolute Gasteiger partial charge is 0.369 e. The number of aromatic nitrogens is 4. The lowest BCUT2D eigenvalue weighted by atomic mass is 9.96. The average molecular weight is 362 g/mol. The predicted molar refractivity (Wildman–Crippen MR) is 103 cm³/mol. The van der Waals surface area contributed by atoms with Gasteiger partial charge < -0.3 is 10.2 Å². The van der Waals surface area contributed by atoms with Gasteiger partial charge in [0.1, 0.15) is 5.52 Å². The van der Waals surface area contributed by atoms with Gasteiger partial charge >= 0.3 is 0 Å². The van der Waals surface area contributed by atoms with Crippen LogP contribution >= 0.6 is 0 Å². The minimum absolute atomic E-state index is 0.0533. The van der Waals surface area contributed by atoms with Gasteiger partial charge in [0.05, 0.1) is 29.5 Å². The number of amides is 1. The lowest BCUT2D eigenvalue weighted by Crippen LogP contribution is -2.43. The van der Waals surface area contributed by atoms with Crippen LogP contribution in [0, 0.1) is 5.92 Å². The maximum absolute atomic E-state index is 12.8. The summed E-state index contributed by atoms with van der Waals surface area (Å²) in [4.78, 5) is 32.2.